The highest BCUT2D eigenvalue weighted by molar-refractivity contribution is 7.80. The lowest BCUT2D eigenvalue weighted by molar-refractivity contribution is 0.318. The lowest BCUT2D eigenvalue weighted by Gasteiger charge is -2.36. The molecule has 1 saturated heterocycles. The average molecular weight is 404 g/mol. The van der Waals surface area contributed by atoms with Crippen LogP contribution < -0.4 is 15.1 Å². The predicted molar refractivity (Wildman–Crippen MR) is 107 cm³/mol. The van der Waals surface area contributed by atoms with Gasteiger partial charge >= 0.3 is 0 Å². The van der Waals surface area contributed by atoms with Crippen LogP contribution in [-0.4, -0.2) is 63.5 Å². The molecule has 2 aliphatic heterocycles. The number of hydrogen-bond donors (Lipinski definition) is 1. The number of piperazine rings is 1. The van der Waals surface area contributed by atoms with Crippen LogP contribution in [0.1, 0.15) is 12.1 Å². The Labute approximate surface area is 167 Å². The molecule has 0 radical (unpaired) electrons. The predicted octanol–water partition coefficient (Wildman–Crippen LogP) is 1.71. The molecular formula is C17H18ClN7OS. The molecule has 4 heterocycles. The van der Waals surface area contributed by atoms with Gasteiger partial charge in [-0.25, -0.2) is 9.97 Å². The first-order valence-corrected chi connectivity index (χ1v) is 9.40. The Bertz CT molecular complexity index is 856. The molecule has 140 valence electrons. The third-order valence-corrected chi connectivity index (χ3v) is 4.97. The number of thiocarbonyl (C=S) groups is 1. The molecule has 1 N–H and O–H groups in total. The fraction of sp³-hybridized carbons (Fsp3) is 0.353. The molecule has 0 saturated carbocycles. The van der Waals surface area contributed by atoms with E-state index < -0.39 is 0 Å². The minimum Gasteiger partial charge on any atom is -0.491 e. The van der Waals surface area contributed by atoms with E-state index in [9.17, 15) is 0 Å². The SMILES string of the molecule is S=C(N/N=C1/CCOc2cc(Cl)cnc21)N1CCN(c2cnccn2)CC1. The summed E-state index contributed by atoms with van der Waals surface area (Å²) < 4.78 is 5.60. The maximum Gasteiger partial charge on any atom is 0.189 e. The van der Waals surface area contributed by atoms with Gasteiger partial charge in [-0.2, -0.15) is 5.10 Å². The van der Waals surface area contributed by atoms with Gasteiger partial charge in [-0.3, -0.25) is 10.4 Å². The largest absolute Gasteiger partial charge is 0.491 e. The quantitative estimate of drug-likeness (QED) is 0.599. The number of hydrogen-bond acceptors (Lipinski definition) is 7. The highest BCUT2D eigenvalue weighted by Gasteiger charge is 2.22. The Morgan fingerprint density at radius 3 is 2.81 bits per heavy atom. The molecule has 2 aromatic rings. The van der Waals surface area contributed by atoms with Crippen LogP contribution in [0.5, 0.6) is 5.75 Å². The van der Waals surface area contributed by atoms with Crippen molar-refractivity contribution >= 4 is 40.5 Å². The van der Waals surface area contributed by atoms with Gasteiger partial charge < -0.3 is 14.5 Å². The second-order valence-corrected chi connectivity index (χ2v) is 6.94. The summed E-state index contributed by atoms with van der Waals surface area (Å²) in [5, 5.41) is 5.61. The van der Waals surface area contributed by atoms with Crippen LogP contribution in [0.15, 0.2) is 36.0 Å². The molecule has 2 aliphatic rings. The first kappa shape index (κ1) is 17.9. The number of aromatic nitrogens is 3. The lowest BCUT2D eigenvalue weighted by atomic mass is 10.1. The molecular weight excluding hydrogens is 386 g/mol. The molecule has 0 unspecified atom stereocenters. The molecule has 2 aromatic heterocycles. The van der Waals surface area contributed by atoms with Crippen molar-refractivity contribution in [2.75, 3.05) is 37.7 Å². The standard InChI is InChI=1S/C17H18ClN7OS/c18-12-9-14-16(21-10-12)13(1-8-26-14)22-23-17(27)25-6-4-24(5-7-25)15-11-19-2-3-20-15/h2-3,9-11H,1,4-8H2,(H,23,27)/b22-13-. The minimum atomic E-state index is 0.541. The number of nitrogens with zero attached hydrogens (tertiary/aromatic N) is 6. The van der Waals surface area contributed by atoms with Crippen molar-refractivity contribution in [1.29, 1.82) is 0 Å². The average Bonchev–Trinajstić information content (AvgIpc) is 2.72. The smallest absolute Gasteiger partial charge is 0.189 e. The summed E-state index contributed by atoms with van der Waals surface area (Å²) in [5.41, 5.74) is 4.52. The van der Waals surface area contributed by atoms with E-state index in [0.29, 0.717) is 34.6 Å². The topological polar surface area (TPSA) is 78.8 Å². The summed E-state index contributed by atoms with van der Waals surface area (Å²) in [5.74, 6) is 1.54. The Morgan fingerprint density at radius 1 is 1.19 bits per heavy atom. The molecule has 1 fully saturated rings. The first-order valence-electron chi connectivity index (χ1n) is 8.62. The molecule has 8 nitrogen and oxygen atoms in total. The molecule has 0 aliphatic carbocycles. The van der Waals surface area contributed by atoms with Gasteiger partial charge in [0.2, 0.25) is 0 Å². The van der Waals surface area contributed by atoms with Gasteiger partial charge in [0, 0.05) is 57.3 Å². The zero-order valence-corrected chi connectivity index (χ0v) is 16.1. The minimum absolute atomic E-state index is 0.541. The zero-order chi connectivity index (χ0) is 18.6. The number of rotatable bonds is 2. The number of fused-ring (bicyclic) bond motifs is 1. The zero-order valence-electron chi connectivity index (χ0n) is 14.5. The summed E-state index contributed by atoms with van der Waals surface area (Å²) >= 11 is 11.5. The molecule has 4 rings (SSSR count). The summed E-state index contributed by atoms with van der Waals surface area (Å²) in [6.07, 6.45) is 7.42. The maximum atomic E-state index is 5.97. The van der Waals surface area contributed by atoms with E-state index in [1.54, 1.807) is 30.9 Å². The van der Waals surface area contributed by atoms with E-state index in [-0.39, 0.29) is 0 Å². The van der Waals surface area contributed by atoms with E-state index in [1.165, 1.54) is 0 Å². The molecule has 10 heteroatoms. The number of nitrogens with one attached hydrogen (secondary N) is 1. The van der Waals surface area contributed by atoms with Crippen LogP contribution in [0.2, 0.25) is 5.02 Å². The van der Waals surface area contributed by atoms with Crippen molar-refractivity contribution in [3.8, 4) is 5.75 Å². The summed E-state index contributed by atoms with van der Waals surface area (Å²) in [4.78, 5) is 17.1. The van der Waals surface area contributed by atoms with E-state index in [0.717, 1.165) is 37.7 Å². The van der Waals surface area contributed by atoms with Crippen molar-refractivity contribution in [1.82, 2.24) is 25.3 Å². The highest BCUT2D eigenvalue weighted by Crippen LogP contribution is 2.25. The Morgan fingerprint density at radius 2 is 2.04 bits per heavy atom. The fourth-order valence-electron chi connectivity index (χ4n) is 3.01. The van der Waals surface area contributed by atoms with Crippen LogP contribution in [0.3, 0.4) is 0 Å². The van der Waals surface area contributed by atoms with Crippen LogP contribution >= 0.6 is 23.8 Å². The number of hydrazone groups is 1. The fourth-order valence-corrected chi connectivity index (χ4v) is 3.39. The van der Waals surface area contributed by atoms with Crippen molar-refractivity contribution in [2.24, 2.45) is 5.10 Å². The van der Waals surface area contributed by atoms with Gasteiger partial charge in [0.05, 0.1) is 23.5 Å². The van der Waals surface area contributed by atoms with E-state index in [1.807, 2.05) is 0 Å². The maximum absolute atomic E-state index is 5.97. The summed E-state index contributed by atoms with van der Waals surface area (Å²) in [6.45, 7) is 3.78. The Hall–Kier alpha value is -2.52. The van der Waals surface area contributed by atoms with Gasteiger partial charge in [-0.05, 0) is 12.2 Å². The van der Waals surface area contributed by atoms with Gasteiger partial charge in [0.25, 0.3) is 0 Å². The Balaban J connectivity index is 1.36. The number of ether oxygens (including phenoxy) is 1. The first-order chi connectivity index (χ1) is 13.2. The van der Waals surface area contributed by atoms with Crippen molar-refractivity contribution in [3.05, 3.63) is 41.6 Å². The molecule has 0 aromatic carbocycles. The van der Waals surface area contributed by atoms with E-state index in [4.69, 9.17) is 28.6 Å². The third-order valence-electron chi connectivity index (χ3n) is 4.42. The summed E-state index contributed by atoms with van der Waals surface area (Å²) in [6, 6.07) is 1.75. The lowest BCUT2D eigenvalue weighted by Crippen LogP contribution is -2.51. The third kappa shape index (κ3) is 4.09. The molecule has 0 atom stereocenters. The van der Waals surface area contributed by atoms with E-state index >= 15 is 0 Å². The second kappa shape index (κ2) is 8.01. The molecule has 0 amide bonds. The molecule has 0 bridgehead atoms. The van der Waals surface area contributed by atoms with Gasteiger partial charge in [0.15, 0.2) is 5.11 Å². The van der Waals surface area contributed by atoms with Crippen molar-refractivity contribution in [2.45, 2.75) is 6.42 Å². The molecule has 27 heavy (non-hydrogen) atoms. The van der Waals surface area contributed by atoms with Crippen LogP contribution in [0, 0.1) is 0 Å². The van der Waals surface area contributed by atoms with Crippen LogP contribution in [0.25, 0.3) is 0 Å². The van der Waals surface area contributed by atoms with Crippen molar-refractivity contribution in [3.63, 3.8) is 0 Å². The van der Waals surface area contributed by atoms with Crippen LogP contribution in [-0.2, 0) is 0 Å². The van der Waals surface area contributed by atoms with Gasteiger partial charge in [-0.1, -0.05) is 11.6 Å². The van der Waals surface area contributed by atoms with Gasteiger partial charge in [-0.15, -0.1) is 0 Å². The number of pyridine rings is 1. The Kier molecular flexibility index (Phi) is 5.30. The van der Waals surface area contributed by atoms with Crippen LogP contribution in [0.4, 0.5) is 5.82 Å². The van der Waals surface area contributed by atoms with Crippen molar-refractivity contribution < 1.29 is 4.74 Å². The second-order valence-electron chi connectivity index (χ2n) is 6.11. The van der Waals surface area contributed by atoms with E-state index in [2.05, 4.69) is 35.3 Å². The van der Waals surface area contributed by atoms with Gasteiger partial charge in [0.1, 0.15) is 17.3 Å². The highest BCUT2D eigenvalue weighted by atomic mass is 35.5. The number of anilines is 1. The normalized spacial score (nSPS) is 18.0. The molecule has 0 spiro atoms. The monoisotopic (exact) mass is 403 g/mol. The summed E-state index contributed by atoms with van der Waals surface area (Å²) in [7, 11) is 0. The number of halogens is 1.